The van der Waals surface area contributed by atoms with E-state index in [1.807, 2.05) is 6.08 Å². The Kier molecular flexibility index (Phi) is 6.07. The van der Waals surface area contributed by atoms with Crippen LogP contribution in [-0.4, -0.2) is 5.97 Å². The van der Waals surface area contributed by atoms with Crippen LogP contribution in [0.5, 0.6) is 0 Å². The van der Waals surface area contributed by atoms with Gasteiger partial charge in [0.2, 0.25) is 0 Å². The van der Waals surface area contributed by atoms with Crippen LogP contribution in [0.15, 0.2) is 25.5 Å². The summed E-state index contributed by atoms with van der Waals surface area (Å²) in [5, 5.41) is 0. The second kappa shape index (κ2) is 6.65. The highest BCUT2D eigenvalue weighted by Crippen LogP contribution is 2.29. The van der Waals surface area contributed by atoms with Crippen molar-refractivity contribution in [3.63, 3.8) is 0 Å². The first-order chi connectivity index (χ1) is 5.76. The zero-order valence-electron chi connectivity index (χ0n) is 7.58. The van der Waals surface area contributed by atoms with Crippen LogP contribution in [-0.2, 0) is 9.53 Å². The molecule has 0 atom stereocenters. The molecular formula is C10H16O2. The minimum absolute atomic E-state index is 0.125. The largest absolute Gasteiger partial charge is 0.435 e. The van der Waals surface area contributed by atoms with E-state index in [0.29, 0.717) is 0 Å². The van der Waals surface area contributed by atoms with Gasteiger partial charge in [0, 0.05) is 0 Å². The lowest BCUT2D eigenvalue weighted by molar-refractivity contribution is -0.139. The first-order valence-corrected chi connectivity index (χ1v) is 4.18. The Labute approximate surface area is 73.9 Å². The molecule has 1 rings (SSSR count). The molecule has 0 bridgehead atoms. The molecule has 0 radical (unpaired) electrons. The third-order valence-electron chi connectivity index (χ3n) is 1.40. The van der Waals surface area contributed by atoms with E-state index in [1.165, 1.54) is 6.26 Å². The number of allylic oxidation sites excluding steroid dienone is 1. The van der Waals surface area contributed by atoms with Gasteiger partial charge in [-0.2, -0.15) is 0 Å². The topological polar surface area (TPSA) is 26.3 Å². The summed E-state index contributed by atoms with van der Waals surface area (Å²) in [6.45, 7) is 8.81. The lowest BCUT2D eigenvalue weighted by atomic mass is 10.4. The fourth-order valence-corrected chi connectivity index (χ4v) is 0.497. The molecular weight excluding hydrogens is 152 g/mol. The molecule has 0 N–H and O–H groups in total. The minimum atomic E-state index is -0.125. The Bertz CT molecular complexity index is 157. The molecule has 0 aromatic rings. The molecule has 0 heterocycles. The predicted octanol–water partition coefficient (Wildman–Crippen LogP) is 2.67. The summed E-state index contributed by atoms with van der Waals surface area (Å²) in [7, 11) is 0. The highest BCUT2D eigenvalue weighted by molar-refractivity contribution is 5.75. The first kappa shape index (κ1) is 11.0. The molecule has 1 aliphatic carbocycles. The summed E-state index contributed by atoms with van der Waals surface area (Å²) in [4.78, 5) is 10.5. The zero-order valence-corrected chi connectivity index (χ0v) is 7.58. The number of carbonyl (C=O) groups excluding carboxylic acids is 1. The molecule has 0 aromatic carbocycles. The van der Waals surface area contributed by atoms with Gasteiger partial charge in [-0.05, 0) is 19.3 Å². The lowest BCUT2D eigenvalue weighted by Gasteiger charge is -1.90. The molecule has 1 aliphatic rings. The van der Waals surface area contributed by atoms with Crippen molar-refractivity contribution >= 4 is 5.97 Å². The third-order valence-corrected chi connectivity index (χ3v) is 1.40. The van der Waals surface area contributed by atoms with Gasteiger partial charge in [-0.3, -0.25) is 4.79 Å². The molecule has 1 saturated carbocycles. The van der Waals surface area contributed by atoms with E-state index in [1.54, 1.807) is 0 Å². The van der Waals surface area contributed by atoms with Crippen molar-refractivity contribution in [3.05, 3.63) is 25.5 Å². The smallest absolute Gasteiger partial charge is 0.313 e. The number of hydrogen-bond donors (Lipinski definition) is 0. The summed E-state index contributed by atoms with van der Waals surface area (Å²) in [6, 6.07) is 0. The summed E-state index contributed by atoms with van der Waals surface area (Å²) >= 11 is 0. The Hall–Kier alpha value is -1.05. The van der Waals surface area contributed by atoms with Crippen LogP contribution in [0.3, 0.4) is 0 Å². The van der Waals surface area contributed by atoms with Gasteiger partial charge in [-0.25, -0.2) is 0 Å². The highest BCUT2D eigenvalue weighted by Gasteiger charge is 2.30. The van der Waals surface area contributed by atoms with Crippen LogP contribution in [0.4, 0.5) is 0 Å². The van der Waals surface area contributed by atoms with Gasteiger partial charge in [0.15, 0.2) is 0 Å². The monoisotopic (exact) mass is 168 g/mol. The van der Waals surface area contributed by atoms with Gasteiger partial charge >= 0.3 is 5.97 Å². The second-order valence-electron chi connectivity index (χ2n) is 2.57. The quantitative estimate of drug-likeness (QED) is 0.368. The molecule has 2 nitrogen and oxygen atoms in total. The molecule has 2 heteroatoms. The predicted molar refractivity (Wildman–Crippen MR) is 49.5 cm³/mol. The van der Waals surface area contributed by atoms with Crippen molar-refractivity contribution in [2.24, 2.45) is 5.92 Å². The summed E-state index contributed by atoms with van der Waals surface area (Å²) < 4.78 is 4.49. The van der Waals surface area contributed by atoms with Crippen molar-refractivity contribution in [3.8, 4) is 0 Å². The Morgan fingerprint density at radius 3 is 2.33 bits per heavy atom. The van der Waals surface area contributed by atoms with Crippen LogP contribution >= 0.6 is 0 Å². The Morgan fingerprint density at radius 1 is 1.58 bits per heavy atom. The maximum Gasteiger partial charge on any atom is 0.313 e. The second-order valence-corrected chi connectivity index (χ2v) is 2.57. The Morgan fingerprint density at radius 2 is 2.08 bits per heavy atom. The van der Waals surface area contributed by atoms with Gasteiger partial charge in [-0.1, -0.05) is 19.6 Å². The number of esters is 1. The van der Waals surface area contributed by atoms with Gasteiger partial charge in [-0.15, -0.1) is 6.58 Å². The van der Waals surface area contributed by atoms with Crippen LogP contribution in [0.1, 0.15) is 26.2 Å². The maximum absolute atomic E-state index is 10.5. The van der Waals surface area contributed by atoms with Gasteiger partial charge in [0.05, 0.1) is 12.2 Å². The number of ether oxygens (including phenoxy) is 1. The van der Waals surface area contributed by atoms with Crippen molar-refractivity contribution in [2.75, 3.05) is 0 Å². The van der Waals surface area contributed by atoms with Gasteiger partial charge in [0.25, 0.3) is 0 Å². The van der Waals surface area contributed by atoms with E-state index in [4.69, 9.17) is 0 Å². The van der Waals surface area contributed by atoms with Crippen molar-refractivity contribution in [2.45, 2.75) is 26.2 Å². The summed E-state index contributed by atoms with van der Waals surface area (Å²) in [5.41, 5.74) is 0. The summed E-state index contributed by atoms with van der Waals surface area (Å²) in [6.07, 6.45) is 6.12. The van der Waals surface area contributed by atoms with Crippen LogP contribution in [0, 0.1) is 5.92 Å². The molecule has 0 saturated heterocycles. The van der Waals surface area contributed by atoms with E-state index in [0.717, 1.165) is 19.3 Å². The maximum atomic E-state index is 10.5. The van der Waals surface area contributed by atoms with Crippen molar-refractivity contribution in [1.82, 2.24) is 0 Å². The van der Waals surface area contributed by atoms with Gasteiger partial charge < -0.3 is 4.74 Å². The highest BCUT2D eigenvalue weighted by atomic mass is 16.5. The molecule has 0 spiro atoms. The zero-order chi connectivity index (χ0) is 9.40. The fraction of sp³-hybridized carbons (Fsp3) is 0.500. The normalized spacial score (nSPS) is 13.8. The van der Waals surface area contributed by atoms with E-state index in [2.05, 4.69) is 24.8 Å². The van der Waals surface area contributed by atoms with E-state index >= 15 is 0 Å². The number of rotatable bonds is 3. The van der Waals surface area contributed by atoms with Crippen molar-refractivity contribution in [1.29, 1.82) is 0 Å². The molecule has 0 unspecified atom stereocenters. The van der Waals surface area contributed by atoms with E-state index < -0.39 is 0 Å². The standard InChI is InChI=1S/C6H8O2.C4H8/c1-2-8-6(7)5-3-4-5;1-3-4-2/h2,5H,1,3-4H2;3H,1,4H2,2H3. The SMILES string of the molecule is C=CCC.C=COC(=O)C1CC1. The average Bonchev–Trinajstić information content (AvgIpc) is 2.88. The molecule has 0 aliphatic heterocycles. The van der Waals surface area contributed by atoms with Crippen molar-refractivity contribution < 1.29 is 9.53 Å². The molecule has 12 heavy (non-hydrogen) atoms. The lowest BCUT2D eigenvalue weighted by Crippen LogP contribution is -2.00. The molecule has 0 amide bonds. The fourth-order valence-electron chi connectivity index (χ4n) is 0.497. The number of carbonyl (C=O) groups is 1. The van der Waals surface area contributed by atoms with E-state index in [-0.39, 0.29) is 11.9 Å². The molecule has 1 fully saturated rings. The third kappa shape index (κ3) is 5.71. The van der Waals surface area contributed by atoms with Gasteiger partial charge in [0.1, 0.15) is 0 Å². The molecule has 68 valence electrons. The first-order valence-electron chi connectivity index (χ1n) is 4.18. The Balaban J connectivity index is 0.000000261. The van der Waals surface area contributed by atoms with E-state index in [9.17, 15) is 4.79 Å². The molecule has 0 aromatic heterocycles. The summed E-state index contributed by atoms with van der Waals surface area (Å²) in [5.74, 6) is 0.0630. The van der Waals surface area contributed by atoms with Crippen LogP contribution < -0.4 is 0 Å². The minimum Gasteiger partial charge on any atom is -0.435 e. The van der Waals surface area contributed by atoms with Crippen LogP contribution in [0.25, 0.3) is 0 Å². The number of hydrogen-bond acceptors (Lipinski definition) is 2. The van der Waals surface area contributed by atoms with Crippen LogP contribution in [0.2, 0.25) is 0 Å². The average molecular weight is 168 g/mol.